The average Bonchev–Trinajstić information content (AvgIpc) is 2.34. The van der Waals surface area contributed by atoms with Gasteiger partial charge in [-0.2, -0.15) is 0 Å². The monoisotopic (exact) mass is 281 g/mol. The fourth-order valence-corrected chi connectivity index (χ4v) is 3.64. The van der Waals surface area contributed by atoms with Crippen LogP contribution in [0.4, 0.5) is 0 Å². The third-order valence-corrected chi connectivity index (χ3v) is 4.82. The summed E-state index contributed by atoms with van der Waals surface area (Å²) < 4.78 is 0. The van der Waals surface area contributed by atoms with Gasteiger partial charge in [0.25, 0.3) is 0 Å². The van der Waals surface area contributed by atoms with Crippen molar-refractivity contribution in [2.75, 3.05) is 13.1 Å². The zero-order chi connectivity index (χ0) is 15.3. The molecule has 0 amide bonds. The fraction of sp³-hybridized carbons (Fsp3) is 0.944. The highest BCUT2D eigenvalue weighted by Gasteiger charge is 2.35. The summed E-state index contributed by atoms with van der Waals surface area (Å²) in [4.78, 5) is 14.9. The topological polar surface area (TPSA) is 20.3 Å². The lowest BCUT2D eigenvalue weighted by Gasteiger charge is -2.39. The predicted octanol–water partition coefficient (Wildman–Crippen LogP) is 4.53. The molecule has 1 saturated carbocycles. The molecule has 1 rings (SSSR count). The van der Waals surface area contributed by atoms with E-state index in [0.29, 0.717) is 23.2 Å². The minimum atomic E-state index is 0.262. The first kappa shape index (κ1) is 17.7. The number of hydrogen-bond donors (Lipinski definition) is 0. The van der Waals surface area contributed by atoms with Crippen LogP contribution in [0.3, 0.4) is 0 Å². The van der Waals surface area contributed by atoms with E-state index in [2.05, 4.69) is 46.4 Å². The highest BCUT2D eigenvalue weighted by atomic mass is 16.1. The standard InChI is InChI=1S/C18H35NO/c1-7-16(8-2)19(12-14(3)4)13-15-11-18(5,6)10-9-17(15)20/h14-16H,7-13H2,1-6H3. The van der Waals surface area contributed by atoms with E-state index in [1.165, 1.54) is 12.8 Å². The van der Waals surface area contributed by atoms with Crippen LogP contribution in [0.2, 0.25) is 0 Å². The molecule has 1 aliphatic carbocycles. The second-order valence-electron chi connectivity index (χ2n) is 7.85. The molecule has 0 aliphatic heterocycles. The molecule has 0 saturated heterocycles. The number of Topliss-reactive ketones (excluding diaryl/α,β-unsaturated/α-hetero) is 1. The Morgan fingerprint density at radius 1 is 1.25 bits per heavy atom. The van der Waals surface area contributed by atoms with Crippen molar-refractivity contribution in [3.05, 3.63) is 0 Å². The van der Waals surface area contributed by atoms with Gasteiger partial charge in [0.1, 0.15) is 5.78 Å². The van der Waals surface area contributed by atoms with Crippen molar-refractivity contribution in [3.63, 3.8) is 0 Å². The Labute approximate surface area is 126 Å². The lowest BCUT2D eigenvalue weighted by atomic mass is 9.71. The van der Waals surface area contributed by atoms with Crippen molar-refractivity contribution in [1.82, 2.24) is 4.90 Å². The molecule has 0 aromatic rings. The molecule has 0 heterocycles. The number of hydrogen-bond acceptors (Lipinski definition) is 2. The maximum absolute atomic E-state index is 12.3. The lowest BCUT2D eigenvalue weighted by molar-refractivity contribution is -0.128. The Hall–Kier alpha value is -0.370. The summed E-state index contributed by atoms with van der Waals surface area (Å²) in [6.45, 7) is 15.8. The van der Waals surface area contributed by atoms with Crippen molar-refractivity contribution >= 4 is 5.78 Å². The van der Waals surface area contributed by atoms with Crippen molar-refractivity contribution in [3.8, 4) is 0 Å². The first-order valence-electron chi connectivity index (χ1n) is 8.55. The number of carbonyl (C=O) groups excluding carboxylic acids is 1. The van der Waals surface area contributed by atoms with Crippen LogP contribution in [-0.2, 0) is 4.79 Å². The van der Waals surface area contributed by atoms with Crippen LogP contribution in [0.15, 0.2) is 0 Å². The van der Waals surface area contributed by atoms with Crippen molar-refractivity contribution in [1.29, 1.82) is 0 Å². The van der Waals surface area contributed by atoms with Crippen LogP contribution in [0.1, 0.15) is 73.6 Å². The fourth-order valence-electron chi connectivity index (χ4n) is 3.64. The molecule has 2 heteroatoms. The van der Waals surface area contributed by atoms with E-state index in [-0.39, 0.29) is 5.92 Å². The Bertz CT molecular complexity index is 305. The molecular weight excluding hydrogens is 246 g/mol. The predicted molar refractivity (Wildman–Crippen MR) is 86.9 cm³/mol. The van der Waals surface area contributed by atoms with Crippen LogP contribution in [0.25, 0.3) is 0 Å². The first-order chi connectivity index (χ1) is 9.29. The number of carbonyl (C=O) groups is 1. The van der Waals surface area contributed by atoms with E-state index in [9.17, 15) is 4.79 Å². The molecule has 20 heavy (non-hydrogen) atoms. The summed E-state index contributed by atoms with van der Waals surface area (Å²) in [5.74, 6) is 1.43. The quantitative estimate of drug-likeness (QED) is 0.683. The second kappa shape index (κ2) is 7.59. The van der Waals surface area contributed by atoms with Gasteiger partial charge < -0.3 is 0 Å². The summed E-state index contributed by atoms with van der Waals surface area (Å²) in [5, 5.41) is 0. The summed E-state index contributed by atoms with van der Waals surface area (Å²) in [6.07, 6.45) is 5.30. The molecule has 0 aromatic carbocycles. The molecule has 2 nitrogen and oxygen atoms in total. The van der Waals surface area contributed by atoms with E-state index in [0.717, 1.165) is 32.4 Å². The van der Waals surface area contributed by atoms with Crippen LogP contribution in [0, 0.1) is 17.3 Å². The van der Waals surface area contributed by atoms with Crippen molar-refractivity contribution in [2.45, 2.75) is 79.7 Å². The third-order valence-electron chi connectivity index (χ3n) is 4.82. The van der Waals surface area contributed by atoms with Gasteiger partial charge in [0, 0.05) is 31.5 Å². The SMILES string of the molecule is CCC(CC)N(CC(C)C)CC1CC(C)(C)CCC1=O. The van der Waals surface area contributed by atoms with Gasteiger partial charge in [-0.05, 0) is 37.0 Å². The molecule has 1 aliphatic rings. The molecule has 0 bridgehead atoms. The van der Waals surface area contributed by atoms with Gasteiger partial charge in [-0.3, -0.25) is 9.69 Å². The Morgan fingerprint density at radius 3 is 2.35 bits per heavy atom. The van der Waals surface area contributed by atoms with Crippen LogP contribution < -0.4 is 0 Å². The van der Waals surface area contributed by atoms with E-state index in [1.54, 1.807) is 0 Å². The molecule has 0 aromatic heterocycles. The van der Waals surface area contributed by atoms with Gasteiger partial charge in [-0.25, -0.2) is 0 Å². The van der Waals surface area contributed by atoms with Crippen LogP contribution in [0.5, 0.6) is 0 Å². The molecule has 0 radical (unpaired) electrons. The third kappa shape index (κ3) is 5.20. The molecule has 118 valence electrons. The van der Waals surface area contributed by atoms with Gasteiger partial charge in [-0.15, -0.1) is 0 Å². The Morgan fingerprint density at radius 2 is 1.85 bits per heavy atom. The highest BCUT2D eigenvalue weighted by Crippen LogP contribution is 2.37. The van der Waals surface area contributed by atoms with Gasteiger partial charge in [0.2, 0.25) is 0 Å². The van der Waals surface area contributed by atoms with Gasteiger partial charge in [0.15, 0.2) is 0 Å². The molecule has 0 N–H and O–H groups in total. The number of rotatable bonds is 7. The van der Waals surface area contributed by atoms with E-state index >= 15 is 0 Å². The smallest absolute Gasteiger partial charge is 0.137 e. The van der Waals surface area contributed by atoms with Crippen LogP contribution in [-0.4, -0.2) is 29.8 Å². The molecule has 1 unspecified atom stereocenters. The first-order valence-corrected chi connectivity index (χ1v) is 8.55. The minimum Gasteiger partial charge on any atom is -0.299 e. The van der Waals surface area contributed by atoms with Crippen molar-refractivity contribution in [2.24, 2.45) is 17.3 Å². The normalized spacial score (nSPS) is 23.1. The molecular formula is C18H35NO. The zero-order valence-corrected chi connectivity index (χ0v) is 14.5. The van der Waals surface area contributed by atoms with Gasteiger partial charge in [0.05, 0.1) is 0 Å². The maximum atomic E-state index is 12.3. The van der Waals surface area contributed by atoms with Crippen LogP contribution >= 0.6 is 0 Å². The van der Waals surface area contributed by atoms with Crippen molar-refractivity contribution < 1.29 is 4.79 Å². The summed E-state index contributed by atoms with van der Waals surface area (Å²) in [6, 6.07) is 0.634. The highest BCUT2D eigenvalue weighted by molar-refractivity contribution is 5.82. The summed E-state index contributed by atoms with van der Waals surface area (Å²) >= 11 is 0. The summed E-state index contributed by atoms with van der Waals surface area (Å²) in [5.41, 5.74) is 0.343. The van der Waals surface area contributed by atoms with Gasteiger partial charge in [-0.1, -0.05) is 41.5 Å². The minimum absolute atomic E-state index is 0.262. The number of ketones is 1. The second-order valence-corrected chi connectivity index (χ2v) is 7.85. The van der Waals surface area contributed by atoms with Gasteiger partial charge >= 0.3 is 0 Å². The lowest BCUT2D eigenvalue weighted by Crippen LogP contribution is -2.44. The molecule has 1 fully saturated rings. The Kier molecular flexibility index (Phi) is 6.71. The average molecular weight is 281 g/mol. The summed E-state index contributed by atoms with van der Waals surface area (Å²) in [7, 11) is 0. The molecule has 1 atom stereocenters. The molecule has 0 spiro atoms. The number of nitrogens with zero attached hydrogens (tertiary/aromatic N) is 1. The van der Waals surface area contributed by atoms with E-state index in [1.807, 2.05) is 0 Å². The Balaban J connectivity index is 2.74. The van der Waals surface area contributed by atoms with E-state index in [4.69, 9.17) is 0 Å². The van der Waals surface area contributed by atoms with E-state index < -0.39 is 0 Å². The zero-order valence-electron chi connectivity index (χ0n) is 14.5. The largest absolute Gasteiger partial charge is 0.299 e. The maximum Gasteiger partial charge on any atom is 0.137 e.